The van der Waals surface area contributed by atoms with Gasteiger partial charge in [-0.3, -0.25) is 9.59 Å². The highest BCUT2D eigenvalue weighted by atomic mass is 16.1. The summed E-state index contributed by atoms with van der Waals surface area (Å²) in [7, 11) is 0. The number of hydrogen-bond acceptors (Lipinski definition) is 3. The maximum absolute atomic E-state index is 12.1. The van der Waals surface area contributed by atoms with Crippen molar-refractivity contribution >= 4 is 11.6 Å². The van der Waals surface area contributed by atoms with Crippen LogP contribution in [-0.2, 0) is 0 Å². The molecule has 1 amide bonds. The number of amides is 1. The van der Waals surface area contributed by atoms with Crippen LogP contribution in [0.1, 0.15) is 21.5 Å². The second-order valence-corrected chi connectivity index (χ2v) is 4.45. The minimum atomic E-state index is -0.314. The molecule has 1 aromatic carbocycles. The zero-order valence-electron chi connectivity index (χ0n) is 11.6. The van der Waals surface area contributed by atoms with Gasteiger partial charge in [-0.2, -0.15) is 0 Å². The van der Waals surface area contributed by atoms with E-state index >= 15 is 0 Å². The summed E-state index contributed by atoms with van der Waals surface area (Å²) in [5, 5.41) is 2.78. The van der Waals surface area contributed by atoms with Crippen molar-refractivity contribution in [1.29, 1.82) is 0 Å². The molecule has 106 valence electrons. The second kappa shape index (κ2) is 6.55. The maximum atomic E-state index is 12.1. The van der Waals surface area contributed by atoms with Gasteiger partial charge in [-0.1, -0.05) is 17.9 Å². The van der Waals surface area contributed by atoms with Crippen molar-refractivity contribution in [2.45, 2.75) is 6.92 Å². The molecule has 21 heavy (non-hydrogen) atoms. The molecule has 5 heteroatoms. The number of pyridine rings is 1. The molecule has 0 spiro atoms. The van der Waals surface area contributed by atoms with E-state index < -0.39 is 0 Å². The Bertz CT molecular complexity index is 762. The zero-order chi connectivity index (χ0) is 15.2. The fourth-order valence-electron chi connectivity index (χ4n) is 1.76. The van der Waals surface area contributed by atoms with Gasteiger partial charge in [0.25, 0.3) is 5.91 Å². The average molecular weight is 281 g/mol. The van der Waals surface area contributed by atoms with Gasteiger partial charge < -0.3 is 16.0 Å². The average Bonchev–Trinajstić information content (AvgIpc) is 2.48. The molecule has 0 saturated heterocycles. The molecule has 4 N–H and O–H groups in total. The number of aromatic nitrogens is 1. The number of aryl methyl sites for hydroxylation is 1. The summed E-state index contributed by atoms with van der Waals surface area (Å²) in [6.45, 7) is 2.20. The zero-order valence-corrected chi connectivity index (χ0v) is 11.6. The van der Waals surface area contributed by atoms with Gasteiger partial charge in [0.05, 0.1) is 17.8 Å². The van der Waals surface area contributed by atoms with E-state index in [0.29, 0.717) is 16.8 Å². The molecule has 0 saturated carbocycles. The normalized spacial score (nSPS) is 9.62. The third-order valence-electron chi connectivity index (χ3n) is 2.79. The van der Waals surface area contributed by atoms with Crippen LogP contribution >= 0.6 is 0 Å². The summed E-state index contributed by atoms with van der Waals surface area (Å²) in [5.41, 5.74) is 7.85. The predicted octanol–water partition coefficient (Wildman–Crippen LogP) is 1.25. The van der Waals surface area contributed by atoms with Crippen LogP contribution in [0.5, 0.6) is 0 Å². The smallest absolute Gasteiger partial charge is 0.257 e. The Morgan fingerprint density at radius 1 is 1.33 bits per heavy atom. The topological polar surface area (TPSA) is 88.0 Å². The number of carbonyl (C=O) groups excluding carboxylic acids is 1. The highest BCUT2D eigenvalue weighted by molar-refractivity contribution is 6.04. The molecular formula is C16H15N3O2. The predicted molar refractivity (Wildman–Crippen MR) is 82.1 cm³/mol. The Morgan fingerprint density at radius 3 is 2.81 bits per heavy atom. The van der Waals surface area contributed by atoms with Crippen LogP contribution in [0.2, 0.25) is 0 Å². The van der Waals surface area contributed by atoms with Crippen LogP contribution in [0, 0.1) is 18.8 Å². The van der Waals surface area contributed by atoms with E-state index in [9.17, 15) is 9.59 Å². The van der Waals surface area contributed by atoms with Gasteiger partial charge >= 0.3 is 0 Å². The van der Waals surface area contributed by atoms with E-state index in [1.807, 2.05) is 19.1 Å². The Balaban J connectivity index is 2.28. The highest BCUT2D eigenvalue weighted by Crippen LogP contribution is 2.17. The van der Waals surface area contributed by atoms with Crippen molar-refractivity contribution in [3.63, 3.8) is 0 Å². The summed E-state index contributed by atoms with van der Waals surface area (Å²) in [6, 6.07) is 8.33. The summed E-state index contributed by atoms with van der Waals surface area (Å²) in [5.74, 6) is 5.39. The third kappa shape index (κ3) is 3.81. The van der Waals surface area contributed by atoms with Crippen molar-refractivity contribution < 1.29 is 4.79 Å². The van der Waals surface area contributed by atoms with E-state index in [4.69, 9.17) is 5.73 Å². The van der Waals surface area contributed by atoms with E-state index in [1.54, 1.807) is 6.07 Å². The number of benzene rings is 1. The van der Waals surface area contributed by atoms with Crippen LogP contribution in [0.3, 0.4) is 0 Å². The first kappa shape index (κ1) is 14.6. The van der Waals surface area contributed by atoms with Gasteiger partial charge in [-0.05, 0) is 30.7 Å². The molecule has 5 nitrogen and oxygen atoms in total. The third-order valence-corrected chi connectivity index (χ3v) is 2.79. The molecular weight excluding hydrogens is 266 g/mol. The molecule has 0 unspecified atom stereocenters. The summed E-state index contributed by atoms with van der Waals surface area (Å²) >= 11 is 0. The molecule has 0 bridgehead atoms. The van der Waals surface area contributed by atoms with Gasteiger partial charge in [-0.15, -0.1) is 0 Å². The number of nitrogens with one attached hydrogen (secondary N) is 2. The van der Waals surface area contributed by atoms with Crippen molar-refractivity contribution in [3.8, 4) is 11.8 Å². The van der Waals surface area contributed by atoms with E-state index in [0.717, 1.165) is 5.56 Å². The number of nitrogens with two attached hydrogens (primary N) is 1. The van der Waals surface area contributed by atoms with Gasteiger partial charge in [0, 0.05) is 17.8 Å². The van der Waals surface area contributed by atoms with E-state index in [-0.39, 0.29) is 18.0 Å². The minimum absolute atomic E-state index is 0.251. The first-order chi connectivity index (χ1) is 10.1. The lowest BCUT2D eigenvalue weighted by Crippen LogP contribution is -2.15. The number of H-pyrrole nitrogens is 1. The summed E-state index contributed by atoms with van der Waals surface area (Å²) < 4.78 is 0. The fraction of sp³-hybridized carbons (Fsp3) is 0.125. The lowest BCUT2D eigenvalue weighted by atomic mass is 10.1. The fourth-order valence-corrected chi connectivity index (χ4v) is 1.76. The maximum Gasteiger partial charge on any atom is 0.257 e. The van der Waals surface area contributed by atoms with E-state index in [1.165, 1.54) is 18.3 Å². The Hall–Kier alpha value is -2.84. The van der Waals surface area contributed by atoms with Crippen molar-refractivity contribution in [3.05, 3.63) is 63.6 Å². The van der Waals surface area contributed by atoms with Gasteiger partial charge in [0.15, 0.2) is 0 Å². The van der Waals surface area contributed by atoms with Crippen LogP contribution in [0.4, 0.5) is 5.69 Å². The van der Waals surface area contributed by atoms with Crippen LogP contribution in [0.25, 0.3) is 0 Å². The van der Waals surface area contributed by atoms with Crippen molar-refractivity contribution in [2.75, 3.05) is 11.9 Å². The lowest BCUT2D eigenvalue weighted by molar-refractivity contribution is 0.102. The Morgan fingerprint density at radius 2 is 2.14 bits per heavy atom. The van der Waals surface area contributed by atoms with Gasteiger partial charge in [0.1, 0.15) is 0 Å². The summed E-state index contributed by atoms with van der Waals surface area (Å²) in [6.07, 6.45) is 1.37. The Labute approximate surface area is 122 Å². The molecule has 1 aromatic heterocycles. The lowest BCUT2D eigenvalue weighted by Gasteiger charge is -2.08. The number of aromatic amines is 1. The molecule has 2 rings (SSSR count). The van der Waals surface area contributed by atoms with Crippen LogP contribution < -0.4 is 16.6 Å². The monoisotopic (exact) mass is 281 g/mol. The standard InChI is InChI=1S/C16H15N3O2/c1-11-4-6-14(12(9-11)3-2-8-17)19-16(21)13-5-7-15(20)18-10-13/h4-7,9-10H,8,17H2,1H3,(H,18,20)(H,19,21). The first-order valence-corrected chi connectivity index (χ1v) is 6.40. The molecule has 0 fully saturated rings. The highest BCUT2D eigenvalue weighted by Gasteiger charge is 2.08. The molecule has 1 heterocycles. The number of rotatable bonds is 2. The molecule has 0 atom stereocenters. The molecule has 0 aliphatic rings. The van der Waals surface area contributed by atoms with E-state index in [2.05, 4.69) is 22.1 Å². The van der Waals surface area contributed by atoms with Gasteiger partial charge in [-0.25, -0.2) is 0 Å². The summed E-state index contributed by atoms with van der Waals surface area (Å²) in [4.78, 5) is 25.6. The minimum Gasteiger partial charge on any atom is -0.328 e. The van der Waals surface area contributed by atoms with Crippen LogP contribution in [0.15, 0.2) is 41.3 Å². The SMILES string of the molecule is Cc1ccc(NC(=O)c2ccc(=O)[nH]c2)c(C#CCN)c1. The first-order valence-electron chi connectivity index (χ1n) is 6.40. The largest absolute Gasteiger partial charge is 0.328 e. The molecule has 0 radical (unpaired) electrons. The molecule has 0 aliphatic carbocycles. The Kier molecular flexibility index (Phi) is 4.54. The van der Waals surface area contributed by atoms with Crippen LogP contribution in [-0.4, -0.2) is 17.4 Å². The number of carbonyl (C=O) groups is 1. The molecule has 2 aromatic rings. The second-order valence-electron chi connectivity index (χ2n) is 4.45. The van der Waals surface area contributed by atoms with Crippen molar-refractivity contribution in [2.24, 2.45) is 5.73 Å². The number of anilines is 1. The van der Waals surface area contributed by atoms with Gasteiger partial charge in [0.2, 0.25) is 5.56 Å². The van der Waals surface area contributed by atoms with Crippen molar-refractivity contribution in [1.82, 2.24) is 4.98 Å². The quantitative estimate of drug-likeness (QED) is 0.724. The number of hydrogen-bond donors (Lipinski definition) is 3. The molecule has 0 aliphatic heterocycles.